The van der Waals surface area contributed by atoms with E-state index in [1.165, 1.54) is 56.1 Å². The summed E-state index contributed by atoms with van der Waals surface area (Å²) in [6, 6.07) is 21.4. The maximum atomic E-state index is 6.27. The molecule has 0 amide bonds. The lowest BCUT2D eigenvalue weighted by molar-refractivity contribution is -0.0270. The van der Waals surface area contributed by atoms with Gasteiger partial charge in [0.1, 0.15) is 5.60 Å². The van der Waals surface area contributed by atoms with Gasteiger partial charge in [-0.1, -0.05) is 113 Å². The van der Waals surface area contributed by atoms with E-state index in [1.54, 1.807) is 0 Å². The van der Waals surface area contributed by atoms with Crippen LogP contribution in [-0.4, -0.2) is 7.11 Å². The molecule has 0 fully saturated rings. The van der Waals surface area contributed by atoms with Crippen LogP contribution in [0, 0.1) is 5.92 Å². The molecule has 1 nitrogen and oxygen atoms in total. The van der Waals surface area contributed by atoms with Crippen molar-refractivity contribution < 1.29 is 4.74 Å². The van der Waals surface area contributed by atoms with Crippen LogP contribution < -0.4 is 0 Å². The highest BCUT2D eigenvalue weighted by molar-refractivity contribution is 5.37. The van der Waals surface area contributed by atoms with Crippen LogP contribution in [0.4, 0.5) is 0 Å². The molecule has 0 heterocycles. The lowest BCUT2D eigenvalue weighted by Gasteiger charge is -2.39. The Morgan fingerprint density at radius 1 is 0.760 bits per heavy atom. The van der Waals surface area contributed by atoms with Crippen molar-refractivity contribution in [3.63, 3.8) is 0 Å². The topological polar surface area (TPSA) is 9.23 Å². The zero-order valence-electron chi connectivity index (χ0n) is 16.2. The Balaban J connectivity index is 2.17. The highest BCUT2D eigenvalue weighted by Gasteiger charge is 2.39. The molecule has 0 bridgehead atoms. The summed E-state index contributed by atoms with van der Waals surface area (Å²) in [7, 11) is 1.86. The summed E-state index contributed by atoms with van der Waals surface area (Å²) in [6.07, 6.45) is 9.19. The molecular weight excluding hydrogens is 304 g/mol. The second-order valence-corrected chi connectivity index (χ2v) is 7.13. The molecule has 1 atom stereocenters. The minimum Gasteiger partial charge on any atom is -0.368 e. The van der Waals surface area contributed by atoms with Gasteiger partial charge < -0.3 is 4.74 Å². The zero-order chi connectivity index (χ0) is 18.0. The molecule has 1 unspecified atom stereocenters. The van der Waals surface area contributed by atoms with Crippen LogP contribution in [0.2, 0.25) is 0 Å². The van der Waals surface area contributed by atoms with Crippen molar-refractivity contribution in [2.75, 3.05) is 7.11 Å². The van der Waals surface area contributed by atoms with Gasteiger partial charge in [-0.25, -0.2) is 0 Å². The first-order chi connectivity index (χ1) is 12.3. The Hall–Kier alpha value is -1.60. The summed E-state index contributed by atoms with van der Waals surface area (Å²) >= 11 is 0. The average Bonchev–Trinajstić information content (AvgIpc) is 2.67. The Bertz CT molecular complexity index is 536. The van der Waals surface area contributed by atoms with Crippen LogP contribution in [-0.2, 0) is 10.3 Å². The van der Waals surface area contributed by atoms with E-state index < -0.39 is 0 Å². The van der Waals surface area contributed by atoms with Crippen LogP contribution in [0.3, 0.4) is 0 Å². The highest BCUT2D eigenvalue weighted by Crippen LogP contribution is 2.42. The molecule has 0 saturated heterocycles. The fraction of sp³-hybridized carbons (Fsp3) is 0.500. The predicted molar refractivity (Wildman–Crippen MR) is 108 cm³/mol. The number of hydrogen-bond acceptors (Lipinski definition) is 1. The van der Waals surface area contributed by atoms with Crippen molar-refractivity contribution in [3.8, 4) is 0 Å². The van der Waals surface area contributed by atoms with Crippen LogP contribution in [0.1, 0.15) is 69.9 Å². The van der Waals surface area contributed by atoms with Crippen molar-refractivity contribution >= 4 is 0 Å². The van der Waals surface area contributed by atoms with Crippen molar-refractivity contribution in [2.45, 2.75) is 64.4 Å². The highest BCUT2D eigenvalue weighted by atomic mass is 16.5. The summed E-state index contributed by atoms with van der Waals surface area (Å²) in [5.74, 6) is 0.425. The summed E-state index contributed by atoms with van der Waals surface area (Å²) in [5, 5.41) is 0. The number of methoxy groups -OCH3 is 1. The van der Waals surface area contributed by atoms with Crippen LogP contribution in [0.15, 0.2) is 60.7 Å². The van der Waals surface area contributed by atoms with Gasteiger partial charge in [-0.05, 0) is 23.5 Å². The van der Waals surface area contributed by atoms with Crippen LogP contribution >= 0.6 is 0 Å². The standard InChI is InChI=1S/C24H34O/c1-4-5-6-7-8-11-16-21(2)24(25-3,22-17-12-9-13-18-22)23-19-14-10-15-20-23/h9-10,12-15,17-21H,4-8,11,16H2,1-3H3. The molecule has 0 N–H and O–H groups in total. The fourth-order valence-electron chi connectivity index (χ4n) is 3.98. The number of benzene rings is 2. The van der Waals surface area contributed by atoms with Gasteiger partial charge in [-0.15, -0.1) is 0 Å². The third kappa shape index (κ3) is 4.95. The lowest BCUT2D eigenvalue weighted by atomic mass is 9.74. The maximum absolute atomic E-state index is 6.27. The van der Waals surface area contributed by atoms with Gasteiger partial charge in [-0.3, -0.25) is 0 Å². The molecule has 136 valence electrons. The van der Waals surface area contributed by atoms with E-state index in [-0.39, 0.29) is 5.60 Å². The van der Waals surface area contributed by atoms with Gasteiger partial charge in [0, 0.05) is 7.11 Å². The molecule has 0 aliphatic heterocycles. The van der Waals surface area contributed by atoms with Gasteiger partial charge in [0.2, 0.25) is 0 Å². The number of hydrogen-bond donors (Lipinski definition) is 0. The first-order valence-corrected chi connectivity index (χ1v) is 9.92. The monoisotopic (exact) mass is 338 g/mol. The summed E-state index contributed by atoms with van der Waals surface area (Å²) < 4.78 is 6.27. The molecule has 0 aliphatic rings. The predicted octanol–water partition coefficient (Wildman–Crippen LogP) is 6.96. The van der Waals surface area contributed by atoms with E-state index in [1.807, 2.05) is 7.11 Å². The molecule has 0 aromatic heterocycles. The maximum Gasteiger partial charge on any atom is 0.120 e. The first kappa shape index (κ1) is 19.7. The van der Waals surface area contributed by atoms with Gasteiger partial charge in [0.25, 0.3) is 0 Å². The van der Waals surface area contributed by atoms with E-state index in [0.717, 1.165) is 0 Å². The number of rotatable bonds is 11. The molecule has 2 rings (SSSR count). The van der Waals surface area contributed by atoms with E-state index in [9.17, 15) is 0 Å². The SMILES string of the molecule is CCCCCCCCC(C)C(OC)(c1ccccc1)c1ccccc1. The molecule has 0 saturated carbocycles. The van der Waals surface area contributed by atoms with Crippen LogP contribution in [0.5, 0.6) is 0 Å². The van der Waals surface area contributed by atoms with Gasteiger partial charge in [-0.2, -0.15) is 0 Å². The second-order valence-electron chi connectivity index (χ2n) is 7.13. The van der Waals surface area contributed by atoms with Gasteiger partial charge >= 0.3 is 0 Å². The van der Waals surface area contributed by atoms with Crippen molar-refractivity contribution in [1.29, 1.82) is 0 Å². The van der Waals surface area contributed by atoms with E-state index in [0.29, 0.717) is 5.92 Å². The minimum absolute atomic E-state index is 0.369. The molecule has 2 aromatic carbocycles. The lowest BCUT2D eigenvalue weighted by Crippen LogP contribution is -2.37. The summed E-state index contributed by atoms with van der Waals surface area (Å²) in [5.41, 5.74) is 2.13. The van der Waals surface area contributed by atoms with Gasteiger partial charge in [0.05, 0.1) is 0 Å². The van der Waals surface area contributed by atoms with Gasteiger partial charge in [0.15, 0.2) is 0 Å². The van der Waals surface area contributed by atoms with E-state index >= 15 is 0 Å². The molecule has 1 heteroatoms. The molecule has 0 aliphatic carbocycles. The minimum atomic E-state index is -0.369. The largest absolute Gasteiger partial charge is 0.368 e. The quantitative estimate of drug-likeness (QED) is 0.402. The Kier molecular flexibility index (Phi) is 8.21. The molecular formula is C24H34O. The molecule has 2 aromatic rings. The normalized spacial score (nSPS) is 12.9. The fourth-order valence-corrected chi connectivity index (χ4v) is 3.98. The van der Waals surface area contributed by atoms with Crippen LogP contribution in [0.25, 0.3) is 0 Å². The molecule has 0 spiro atoms. The first-order valence-electron chi connectivity index (χ1n) is 9.92. The average molecular weight is 339 g/mol. The molecule has 25 heavy (non-hydrogen) atoms. The Morgan fingerprint density at radius 3 is 1.72 bits per heavy atom. The summed E-state index contributed by atoms with van der Waals surface area (Å²) in [4.78, 5) is 0. The Labute approximate surface area is 154 Å². The number of unbranched alkanes of at least 4 members (excludes halogenated alkanes) is 5. The summed E-state index contributed by atoms with van der Waals surface area (Å²) in [6.45, 7) is 4.62. The van der Waals surface area contributed by atoms with E-state index in [4.69, 9.17) is 4.74 Å². The third-order valence-electron chi connectivity index (χ3n) is 5.41. The van der Waals surface area contributed by atoms with Crippen molar-refractivity contribution in [1.82, 2.24) is 0 Å². The Morgan fingerprint density at radius 2 is 1.24 bits per heavy atom. The molecule has 0 radical (unpaired) electrons. The third-order valence-corrected chi connectivity index (χ3v) is 5.41. The smallest absolute Gasteiger partial charge is 0.120 e. The van der Waals surface area contributed by atoms with Crippen molar-refractivity contribution in [2.24, 2.45) is 5.92 Å². The number of ether oxygens (including phenoxy) is 1. The van der Waals surface area contributed by atoms with Crippen molar-refractivity contribution in [3.05, 3.63) is 71.8 Å². The zero-order valence-corrected chi connectivity index (χ0v) is 16.2. The second kappa shape index (κ2) is 10.4. The van der Waals surface area contributed by atoms with E-state index in [2.05, 4.69) is 74.5 Å².